The Hall–Kier alpha value is -1.61. The number of rotatable bonds is 9. The van der Waals surface area contributed by atoms with Crippen LogP contribution in [0.4, 0.5) is 0 Å². The standard InChI is InChI=1S/C16H23N3/c1-2-7-16(8-3-1)9-6-11-17-10-4-5-13-19-14-12-18-15-19/h1-3,7-8,12,14-15,17H,4-6,9-11,13H2. The van der Waals surface area contributed by atoms with Crippen molar-refractivity contribution in [2.45, 2.75) is 32.2 Å². The minimum absolute atomic E-state index is 1.08. The molecule has 0 aliphatic heterocycles. The molecule has 0 spiro atoms. The van der Waals surface area contributed by atoms with Crippen molar-refractivity contribution in [1.82, 2.24) is 14.9 Å². The first-order valence-corrected chi connectivity index (χ1v) is 7.15. The smallest absolute Gasteiger partial charge is 0.0945 e. The number of aromatic nitrogens is 2. The lowest BCUT2D eigenvalue weighted by atomic mass is 10.1. The maximum absolute atomic E-state index is 4.04. The van der Waals surface area contributed by atoms with Gasteiger partial charge in [-0.1, -0.05) is 30.3 Å². The molecule has 3 nitrogen and oxygen atoms in total. The number of unbranched alkanes of at least 4 members (excludes halogenated alkanes) is 1. The summed E-state index contributed by atoms with van der Waals surface area (Å²) >= 11 is 0. The Morgan fingerprint density at radius 1 is 1.00 bits per heavy atom. The summed E-state index contributed by atoms with van der Waals surface area (Å²) in [6.07, 6.45) is 10.6. The van der Waals surface area contributed by atoms with E-state index in [2.05, 4.69) is 45.2 Å². The zero-order valence-electron chi connectivity index (χ0n) is 11.5. The molecule has 0 saturated heterocycles. The molecule has 1 aromatic heterocycles. The summed E-state index contributed by atoms with van der Waals surface area (Å²) in [5.41, 5.74) is 1.43. The first-order chi connectivity index (χ1) is 9.45. The lowest BCUT2D eigenvalue weighted by Crippen LogP contribution is -2.17. The highest BCUT2D eigenvalue weighted by atomic mass is 15.0. The van der Waals surface area contributed by atoms with Crippen LogP contribution in [0.25, 0.3) is 0 Å². The van der Waals surface area contributed by atoms with E-state index in [9.17, 15) is 0 Å². The van der Waals surface area contributed by atoms with E-state index in [1.54, 1.807) is 0 Å². The van der Waals surface area contributed by atoms with Gasteiger partial charge >= 0.3 is 0 Å². The van der Waals surface area contributed by atoms with Gasteiger partial charge in [-0.25, -0.2) is 4.98 Å². The number of hydrogen-bond acceptors (Lipinski definition) is 2. The number of benzene rings is 1. The molecule has 2 rings (SSSR count). The van der Waals surface area contributed by atoms with Gasteiger partial charge < -0.3 is 9.88 Å². The molecule has 1 aromatic carbocycles. The largest absolute Gasteiger partial charge is 0.337 e. The number of aryl methyl sites for hydroxylation is 2. The van der Waals surface area contributed by atoms with E-state index < -0.39 is 0 Å². The van der Waals surface area contributed by atoms with Crippen LogP contribution in [-0.4, -0.2) is 22.6 Å². The predicted octanol–water partition coefficient (Wildman–Crippen LogP) is 2.89. The summed E-state index contributed by atoms with van der Waals surface area (Å²) < 4.78 is 2.13. The molecular weight excluding hydrogens is 234 g/mol. The van der Waals surface area contributed by atoms with Crippen LogP contribution in [0, 0.1) is 0 Å². The van der Waals surface area contributed by atoms with Crippen molar-refractivity contribution in [1.29, 1.82) is 0 Å². The van der Waals surface area contributed by atoms with Crippen LogP contribution in [-0.2, 0) is 13.0 Å². The Kier molecular flexibility index (Phi) is 6.17. The Labute approximate surface area is 115 Å². The van der Waals surface area contributed by atoms with E-state index in [1.807, 2.05) is 18.7 Å². The van der Waals surface area contributed by atoms with E-state index in [0.29, 0.717) is 0 Å². The van der Waals surface area contributed by atoms with Crippen LogP contribution in [0.1, 0.15) is 24.8 Å². The maximum atomic E-state index is 4.04. The second kappa shape index (κ2) is 8.48. The lowest BCUT2D eigenvalue weighted by Gasteiger charge is -2.05. The quantitative estimate of drug-likeness (QED) is 0.700. The van der Waals surface area contributed by atoms with E-state index in [0.717, 1.165) is 19.6 Å². The van der Waals surface area contributed by atoms with Gasteiger partial charge in [0.05, 0.1) is 6.33 Å². The summed E-state index contributed by atoms with van der Waals surface area (Å²) in [4.78, 5) is 4.04. The SMILES string of the molecule is c1ccc(CCCNCCCCn2ccnc2)cc1. The van der Waals surface area contributed by atoms with Crippen molar-refractivity contribution < 1.29 is 0 Å². The van der Waals surface area contributed by atoms with E-state index in [4.69, 9.17) is 0 Å². The molecule has 0 bridgehead atoms. The summed E-state index contributed by atoms with van der Waals surface area (Å²) in [6.45, 7) is 3.30. The van der Waals surface area contributed by atoms with Gasteiger partial charge in [0.15, 0.2) is 0 Å². The highest BCUT2D eigenvalue weighted by Crippen LogP contribution is 2.01. The van der Waals surface area contributed by atoms with Crippen LogP contribution in [0.15, 0.2) is 49.1 Å². The number of imidazole rings is 1. The predicted molar refractivity (Wildman–Crippen MR) is 79.1 cm³/mol. The van der Waals surface area contributed by atoms with E-state index >= 15 is 0 Å². The zero-order valence-corrected chi connectivity index (χ0v) is 11.5. The first-order valence-electron chi connectivity index (χ1n) is 7.15. The van der Waals surface area contributed by atoms with Crippen LogP contribution < -0.4 is 5.32 Å². The summed E-state index contributed by atoms with van der Waals surface area (Å²) in [7, 11) is 0. The Bertz CT molecular complexity index is 423. The molecule has 0 unspecified atom stereocenters. The highest BCUT2D eigenvalue weighted by molar-refractivity contribution is 5.14. The highest BCUT2D eigenvalue weighted by Gasteiger charge is 1.93. The van der Waals surface area contributed by atoms with Gasteiger partial charge in [0.25, 0.3) is 0 Å². The van der Waals surface area contributed by atoms with Crippen molar-refractivity contribution in [3.63, 3.8) is 0 Å². The van der Waals surface area contributed by atoms with Gasteiger partial charge in [0.1, 0.15) is 0 Å². The molecule has 0 amide bonds. The fraction of sp³-hybridized carbons (Fsp3) is 0.438. The maximum Gasteiger partial charge on any atom is 0.0945 e. The van der Waals surface area contributed by atoms with E-state index in [1.165, 1.54) is 31.2 Å². The fourth-order valence-electron chi connectivity index (χ4n) is 2.15. The van der Waals surface area contributed by atoms with Gasteiger partial charge in [0, 0.05) is 18.9 Å². The Morgan fingerprint density at radius 2 is 1.84 bits per heavy atom. The molecule has 102 valence electrons. The molecule has 1 N–H and O–H groups in total. The summed E-state index contributed by atoms with van der Waals surface area (Å²) in [6, 6.07) is 10.7. The molecule has 0 aliphatic carbocycles. The third-order valence-electron chi connectivity index (χ3n) is 3.24. The molecule has 0 radical (unpaired) electrons. The van der Waals surface area contributed by atoms with Gasteiger partial charge in [0.2, 0.25) is 0 Å². The van der Waals surface area contributed by atoms with Crippen molar-refractivity contribution >= 4 is 0 Å². The topological polar surface area (TPSA) is 29.9 Å². The van der Waals surface area contributed by atoms with Gasteiger partial charge in [-0.3, -0.25) is 0 Å². The van der Waals surface area contributed by atoms with Crippen LogP contribution in [0.2, 0.25) is 0 Å². The van der Waals surface area contributed by atoms with Crippen molar-refractivity contribution in [3.8, 4) is 0 Å². The molecule has 0 saturated carbocycles. The Balaban J connectivity index is 1.42. The van der Waals surface area contributed by atoms with E-state index in [-0.39, 0.29) is 0 Å². The minimum Gasteiger partial charge on any atom is -0.337 e. The van der Waals surface area contributed by atoms with Gasteiger partial charge in [-0.05, 0) is 44.3 Å². The number of nitrogens with zero attached hydrogens (tertiary/aromatic N) is 2. The molecule has 0 atom stereocenters. The van der Waals surface area contributed by atoms with Crippen molar-refractivity contribution in [3.05, 3.63) is 54.6 Å². The molecular formula is C16H23N3. The molecule has 2 aromatic rings. The van der Waals surface area contributed by atoms with Crippen molar-refractivity contribution in [2.24, 2.45) is 0 Å². The molecule has 1 heterocycles. The second-order valence-corrected chi connectivity index (χ2v) is 4.85. The minimum atomic E-state index is 1.08. The molecule has 0 aliphatic rings. The number of hydrogen-bond donors (Lipinski definition) is 1. The summed E-state index contributed by atoms with van der Waals surface area (Å²) in [5.74, 6) is 0. The van der Waals surface area contributed by atoms with Crippen molar-refractivity contribution in [2.75, 3.05) is 13.1 Å². The number of nitrogens with one attached hydrogen (secondary N) is 1. The lowest BCUT2D eigenvalue weighted by molar-refractivity contribution is 0.561. The third kappa shape index (κ3) is 5.71. The second-order valence-electron chi connectivity index (χ2n) is 4.85. The molecule has 3 heteroatoms. The molecule has 0 fully saturated rings. The molecule has 19 heavy (non-hydrogen) atoms. The van der Waals surface area contributed by atoms with Crippen LogP contribution in [0.5, 0.6) is 0 Å². The Morgan fingerprint density at radius 3 is 2.63 bits per heavy atom. The first kappa shape index (κ1) is 13.8. The van der Waals surface area contributed by atoms with Gasteiger partial charge in [-0.15, -0.1) is 0 Å². The normalized spacial score (nSPS) is 10.7. The monoisotopic (exact) mass is 257 g/mol. The average Bonchev–Trinajstić information content (AvgIpc) is 2.96. The van der Waals surface area contributed by atoms with Crippen LogP contribution in [0.3, 0.4) is 0 Å². The zero-order chi connectivity index (χ0) is 13.2. The van der Waals surface area contributed by atoms with Crippen LogP contribution >= 0.6 is 0 Å². The average molecular weight is 257 g/mol. The third-order valence-corrected chi connectivity index (χ3v) is 3.24. The fourth-order valence-corrected chi connectivity index (χ4v) is 2.15. The summed E-state index contributed by atoms with van der Waals surface area (Å²) in [5, 5.41) is 3.51. The van der Waals surface area contributed by atoms with Gasteiger partial charge in [-0.2, -0.15) is 0 Å².